The Balaban J connectivity index is 1.51. The van der Waals surface area contributed by atoms with Gasteiger partial charge in [-0.3, -0.25) is 19.6 Å². The van der Waals surface area contributed by atoms with Crippen LogP contribution in [-0.2, 0) is 17.8 Å². The number of rotatable bonds is 6. The van der Waals surface area contributed by atoms with E-state index in [0.717, 1.165) is 9.78 Å². The van der Waals surface area contributed by atoms with Crippen LogP contribution < -0.4 is 10.9 Å². The van der Waals surface area contributed by atoms with Crippen LogP contribution >= 0.6 is 11.3 Å². The largest absolute Gasteiger partial charge is 0.329 e. The molecule has 0 aliphatic carbocycles. The number of thiophene rings is 1. The van der Waals surface area contributed by atoms with Gasteiger partial charge in [0, 0.05) is 11.3 Å². The number of nitrogens with one attached hydrogen (secondary N) is 2. The topological polar surface area (TPSA) is 87.2 Å². The Morgan fingerprint density at radius 3 is 2.41 bits per heavy atom. The van der Waals surface area contributed by atoms with Gasteiger partial charge in [0.2, 0.25) is 0 Å². The van der Waals surface area contributed by atoms with Crippen molar-refractivity contribution in [2.75, 3.05) is 0 Å². The zero-order valence-corrected chi connectivity index (χ0v) is 18.6. The number of imide groups is 1. The number of amides is 3. The minimum atomic E-state index is -0.598. The predicted molar refractivity (Wildman–Crippen MR) is 127 cm³/mol. The van der Waals surface area contributed by atoms with Crippen LogP contribution in [0.2, 0.25) is 0 Å². The molecule has 170 valence electrons. The van der Waals surface area contributed by atoms with Crippen molar-refractivity contribution in [2.45, 2.75) is 13.0 Å². The Labute approximate surface area is 197 Å². The maximum Gasteiger partial charge on any atom is 0.329 e. The smallest absolute Gasteiger partial charge is 0.303 e. The van der Waals surface area contributed by atoms with E-state index in [9.17, 15) is 18.8 Å². The molecule has 0 atom stereocenters. The molecule has 5 rings (SSSR count). The molecule has 2 aromatic carbocycles. The molecule has 0 radical (unpaired) electrons. The monoisotopic (exact) mass is 474 g/mol. The number of nitrogens with zero attached hydrogens (tertiary/aromatic N) is 2. The molecule has 0 unspecified atom stereocenters. The second kappa shape index (κ2) is 8.95. The minimum absolute atomic E-state index is 0.00821. The Kier molecular flexibility index (Phi) is 5.69. The Morgan fingerprint density at radius 2 is 1.71 bits per heavy atom. The summed E-state index contributed by atoms with van der Waals surface area (Å²) in [6, 6.07) is 18.0. The first kappa shape index (κ1) is 21.6. The molecular formula is C25H19FN4O3S. The van der Waals surface area contributed by atoms with E-state index < -0.39 is 17.8 Å². The average molecular weight is 475 g/mol. The van der Waals surface area contributed by atoms with Gasteiger partial charge in [0.25, 0.3) is 11.5 Å². The minimum Gasteiger partial charge on any atom is -0.303 e. The van der Waals surface area contributed by atoms with Gasteiger partial charge in [0.15, 0.2) is 0 Å². The van der Waals surface area contributed by atoms with Gasteiger partial charge in [-0.25, -0.2) is 13.9 Å². The van der Waals surface area contributed by atoms with Gasteiger partial charge in [-0.1, -0.05) is 36.4 Å². The van der Waals surface area contributed by atoms with Crippen molar-refractivity contribution in [1.82, 2.24) is 20.0 Å². The standard InChI is InChI=1S/C25H19FN4O3S/c26-17-10-8-16(9-11-17)15-29-24(32)22(27-25(29)33)14-20-21(13-19-7-4-12-34-19)28-30(23(20)31)18-5-2-1-3-6-18/h1-12,14,28H,13,15H2,(H,27,33)/b22-14-. The Morgan fingerprint density at radius 1 is 0.941 bits per heavy atom. The first-order valence-electron chi connectivity index (χ1n) is 10.5. The number of carbonyl (C=O) groups is 2. The Bertz CT molecular complexity index is 1440. The summed E-state index contributed by atoms with van der Waals surface area (Å²) in [5.41, 5.74) is 1.87. The highest BCUT2D eigenvalue weighted by Gasteiger charge is 2.34. The van der Waals surface area contributed by atoms with E-state index in [0.29, 0.717) is 28.9 Å². The van der Waals surface area contributed by atoms with Gasteiger partial charge in [0.05, 0.1) is 23.5 Å². The zero-order chi connectivity index (χ0) is 23.7. The van der Waals surface area contributed by atoms with Gasteiger partial charge in [-0.05, 0) is 47.4 Å². The molecule has 1 saturated heterocycles. The second-order valence-corrected chi connectivity index (χ2v) is 8.77. The maximum atomic E-state index is 13.3. The lowest BCUT2D eigenvalue weighted by molar-refractivity contribution is -0.123. The molecule has 1 aliphatic rings. The summed E-state index contributed by atoms with van der Waals surface area (Å²) in [7, 11) is 0. The van der Waals surface area contributed by atoms with Crippen LogP contribution in [0.25, 0.3) is 11.8 Å². The van der Waals surface area contributed by atoms with E-state index in [1.807, 2.05) is 35.7 Å². The van der Waals surface area contributed by atoms with Crippen LogP contribution in [0, 0.1) is 5.82 Å². The molecule has 9 heteroatoms. The summed E-state index contributed by atoms with van der Waals surface area (Å²) in [6.45, 7) is -0.00821. The van der Waals surface area contributed by atoms with E-state index >= 15 is 0 Å². The quantitative estimate of drug-likeness (QED) is 0.327. The lowest BCUT2D eigenvalue weighted by atomic mass is 10.1. The molecule has 0 saturated carbocycles. The summed E-state index contributed by atoms with van der Waals surface area (Å²) in [5.74, 6) is -0.954. The first-order chi connectivity index (χ1) is 16.5. The van der Waals surface area contributed by atoms with Crippen LogP contribution in [0.4, 0.5) is 9.18 Å². The third-order valence-electron chi connectivity index (χ3n) is 5.46. The van der Waals surface area contributed by atoms with Gasteiger partial charge in [-0.15, -0.1) is 11.3 Å². The van der Waals surface area contributed by atoms with E-state index in [2.05, 4.69) is 10.4 Å². The first-order valence-corrected chi connectivity index (χ1v) is 11.4. The van der Waals surface area contributed by atoms with Gasteiger partial charge >= 0.3 is 6.03 Å². The van der Waals surface area contributed by atoms with Crippen molar-refractivity contribution >= 4 is 29.4 Å². The summed E-state index contributed by atoms with van der Waals surface area (Å²) >= 11 is 1.56. The van der Waals surface area contributed by atoms with E-state index in [-0.39, 0.29) is 17.8 Å². The molecule has 2 N–H and O–H groups in total. The highest BCUT2D eigenvalue weighted by Crippen LogP contribution is 2.21. The van der Waals surface area contributed by atoms with Crippen LogP contribution in [0.15, 0.2) is 82.6 Å². The number of carbonyl (C=O) groups excluding carboxylic acids is 2. The third-order valence-corrected chi connectivity index (χ3v) is 6.33. The molecule has 0 spiro atoms. The van der Waals surface area contributed by atoms with Crippen LogP contribution in [0.1, 0.15) is 21.7 Å². The van der Waals surface area contributed by atoms with Crippen molar-refractivity contribution in [3.8, 4) is 5.69 Å². The maximum absolute atomic E-state index is 13.3. The molecule has 0 bridgehead atoms. The SMILES string of the molecule is O=C1N/C(=C\c2c(Cc3cccs3)[nH]n(-c3ccccc3)c2=O)C(=O)N1Cc1ccc(F)cc1. The van der Waals surface area contributed by atoms with Crippen LogP contribution in [-0.4, -0.2) is 26.6 Å². The van der Waals surface area contributed by atoms with Gasteiger partial charge < -0.3 is 5.32 Å². The summed E-state index contributed by atoms with van der Waals surface area (Å²) in [5, 5.41) is 7.67. The van der Waals surface area contributed by atoms with Crippen molar-refractivity contribution in [3.05, 3.63) is 116 Å². The number of aromatic amines is 1. The predicted octanol–water partition coefficient (Wildman–Crippen LogP) is 4.05. The molecule has 34 heavy (non-hydrogen) atoms. The zero-order valence-electron chi connectivity index (χ0n) is 17.8. The van der Waals surface area contributed by atoms with E-state index in [1.54, 1.807) is 23.5 Å². The van der Waals surface area contributed by atoms with Gasteiger partial charge in [-0.2, -0.15) is 0 Å². The molecule has 3 heterocycles. The molecule has 3 amide bonds. The molecule has 4 aromatic rings. The summed E-state index contributed by atoms with van der Waals surface area (Å²) in [4.78, 5) is 40.9. The van der Waals surface area contributed by atoms with Crippen molar-refractivity contribution < 1.29 is 14.0 Å². The van der Waals surface area contributed by atoms with Crippen molar-refractivity contribution in [3.63, 3.8) is 0 Å². The van der Waals surface area contributed by atoms with Crippen molar-refractivity contribution in [2.24, 2.45) is 0 Å². The number of benzene rings is 2. The third kappa shape index (κ3) is 4.20. The molecular weight excluding hydrogens is 455 g/mol. The Hall–Kier alpha value is -4.24. The number of aromatic nitrogens is 2. The number of hydrogen-bond acceptors (Lipinski definition) is 4. The lowest BCUT2D eigenvalue weighted by Gasteiger charge is -2.11. The van der Waals surface area contributed by atoms with Crippen LogP contribution in [0.5, 0.6) is 0 Å². The average Bonchev–Trinajstić information content (AvgIpc) is 3.53. The second-order valence-electron chi connectivity index (χ2n) is 7.74. The molecule has 2 aromatic heterocycles. The normalized spacial score (nSPS) is 14.7. The fourth-order valence-electron chi connectivity index (χ4n) is 3.76. The number of halogens is 1. The molecule has 7 nitrogen and oxygen atoms in total. The lowest BCUT2D eigenvalue weighted by Crippen LogP contribution is -2.30. The number of H-pyrrole nitrogens is 1. The molecule has 1 aliphatic heterocycles. The van der Waals surface area contributed by atoms with Crippen molar-refractivity contribution in [1.29, 1.82) is 0 Å². The van der Waals surface area contributed by atoms with Crippen LogP contribution in [0.3, 0.4) is 0 Å². The number of urea groups is 1. The fourth-order valence-corrected chi connectivity index (χ4v) is 4.47. The van der Waals surface area contributed by atoms with Gasteiger partial charge in [0.1, 0.15) is 11.5 Å². The van der Waals surface area contributed by atoms with E-state index in [1.165, 1.54) is 35.0 Å². The number of para-hydroxylation sites is 1. The summed E-state index contributed by atoms with van der Waals surface area (Å²) in [6.07, 6.45) is 1.89. The highest BCUT2D eigenvalue weighted by molar-refractivity contribution is 7.09. The fraction of sp³-hybridized carbons (Fsp3) is 0.0800. The molecule has 1 fully saturated rings. The van der Waals surface area contributed by atoms with E-state index in [4.69, 9.17) is 0 Å². The highest BCUT2D eigenvalue weighted by atomic mass is 32.1. The number of hydrogen-bond donors (Lipinski definition) is 2. The summed E-state index contributed by atoms with van der Waals surface area (Å²) < 4.78 is 14.6.